The Bertz CT molecular complexity index is 822. The van der Waals surface area contributed by atoms with E-state index in [1.807, 2.05) is 24.1 Å². The molecule has 3 aromatic rings. The second-order valence-corrected chi connectivity index (χ2v) is 6.89. The molecule has 0 N–H and O–H groups in total. The van der Waals surface area contributed by atoms with Crippen LogP contribution >= 0.6 is 11.3 Å². The Morgan fingerprint density at radius 3 is 3.13 bits per heavy atom. The fourth-order valence-electron chi connectivity index (χ4n) is 3.02. The minimum atomic E-state index is -0.00619. The molecular weight excluding hydrogens is 310 g/mol. The molecule has 118 valence electrons. The first-order valence-corrected chi connectivity index (χ1v) is 8.57. The number of carbonyl (C=O) groups is 1. The lowest BCUT2D eigenvalue weighted by molar-refractivity contribution is 0.0782. The topological polar surface area (TPSA) is 63.4 Å². The van der Waals surface area contributed by atoms with Gasteiger partial charge >= 0.3 is 0 Å². The molecule has 0 saturated carbocycles. The van der Waals surface area contributed by atoms with Crippen LogP contribution in [0, 0.1) is 12.8 Å². The van der Waals surface area contributed by atoms with Gasteiger partial charge in [-0.2, -0.15) is 0 Å². The van der Waals surface area contributed by atoms with Gasteiger partial charge < -0.3 is 4.90 Å². The average Bonchev–Trinajstić information content (AvgIpc) is 3.26. The van der Waals surface area contributed by atoms with Crippen molar-refractivity contribution in [2.24, 2.45) is 5.92 Å². The van der Waals surface area contributed by atoms with Crippen LogP contribution < -0.4 is 0 Å². The van der Waals surface area contributed by atoms with Crippen molar-refractivity contribution in [2.45, 2.75) is 19.8 Å². The number of rotatable bonds is 3. The maximum absolute atomic E-state index is 12.6. The minimum Gasteiger partial charge on any atom is -0.337 e. The number of aromatic nitrogens is 4. The molecule has 1 amide bonds. The van der Waals surface area contributed by atoms with Crippen LogP contribution in [0.2, 0.25) is 0 Å². The first kappa shape index (κ1) is 14.3. The van der Waals surface area contributed by atoms with Gasteiger partial charge in [0.2, 0.25) is 5.78 Å². The van der Waals surface area contributed by atoms with Crippen LogP contribution in [0.4, 0.5) is 0 Å². The van der Waals surface area contributed by atoms with Crippen molar-refractivity contribution >= 4 is 23.0 Å². The molecule has 0 spiro atoms. The molecular formula is C16H17N5OS. The lowest BCUT2D eigenvalue weighted by Crippen LogP contribution is -2.29. The largest absolute Gasteiger partial charge is 0.337 e. The third-order valence-corrected chi connectivity index (χ3v) is 5.15. The van der Waals surface area contributed by atoms with E-state index in [0.29, 0.717) is 17.4 Å². The van der Waals surface area contributed by atoms with Crippen molar-refractivity contribution in [3.8, 4) is 0 Å². The molecule has 6 nitrogen and oxygen atoms in total. The summed E-state index contributed by atoms with van der Waals surface area (Å²) in [5.41, 5.74) is 1.54. The monoisotopic (exact) mass is 327 g/mol. The summed E-state index contributed by atoms with van der Waals surface area (Å²) in [7, 11) is 0. The molecule has 1 aliphatic rings. The summed E-state index contributed by atoms with van der Waals surface area (Å²) >= 11 is 1.71. The van der Waals surface area contributed by atoms with E-state index in [4.69, 9.17) is 0 Å². The summed E-state index contributed by atoms with van der Waals surface area (Å²) in [6, 6.07) is 1.82. The maximum Gasteiger partial charge on any atom is 0.274 e. The van der Waals surface area contributed by atoms with E-state index in [9.17, 15) is 4.79 Å². The number of aryl methyl sites for hydroxylation is 1. The zero-order chi connectivity index (χ0) is 15.8. The first-order valence-electron chi connectivity index (χ1n) is 7.69. The molecule has 1 atom stereocenters. The van der Waals surface area contributed by atoms with Crippen LogP contribution in [0.15, 0.2) is 30.0 Å². The second-order valence-electron chi connectivity index (χ2n) is 5.95. The molecule has 7 heteroatoms. The Kier molecular flexibility index (Phi) is 3.57. The Labute approximate surface area is 137 Å². The third kappa shape index (κ3) is 2.84. The molecule has 23 heavy (non-hydrogen) atoms. The summed E-state index contributed by atoms with van der Waals surface area (Å²) in [5, 5.41) is 3.25. The highest BCUT2D eigenvalue weighted by molar-refractivity contribution is 7.09. The number of nitrogens with zero attached hydrogens (tertiary/aromatic N) is 5. The van der Waals surface area contributed by atoms with Gasteiger partial charge in [0.05, 0.1) is 5.01 Å². The third-order valence-electron chi connectivity index (χ3n) is 4.16. The fraction of sp³-hybridized carbons (Fsp3) is 0.375. The second kappa shape index (κ2) is 5.73. The van der Waals surface area contributed by atoms with E-state index in [1.54, 1.807) is 28.1 Å². The van der Waals surface area contributed by atoms with Gasteiger partial charge in [0.1, 0.15) is 5.69 Å². The van der Waals surface area contributed by atoms with Crippen LogP contribution in [0.25, 0.3) is 5.78 Å². The van der Waals surface area contributed by atoms with Crippen LogP contribution in [0.1, 0.15) is 27.6 Å². The number of hydrogen-bond acceptors (Lipinski definition) is 5. The Hall–Kier alpha value is -2.28. The first-order chi connectivity index (χ1) is 11.2. The Balaban J connectivity index is 1.45. The molecule has 1 fully saturated rings. The predicted octanol–water partition coefficient (Wildman–Crippen LogP) is 2.20. The van der Waals surface area contributed by atoms with Crippen molar-refractivity contribution in [1.82, 2.24) is 24.3 Å². The lowest BCUT2D eigenvalue weighted by atomic mass is 10.1. The highest BCUT2D eigenvalue weighted by atomic mass is 32.1. The fourth-order valence-corrected chi connectivity index (χ4v) is 3.91. The van der Waals surface area contributed by atoms with Crippen molar-refractivity contribution in [1.29, 1.82) is 0 Å². The van der Waals surface area contributed by atoms with Crippen molar-refractivity contribution < 1.29 is 4.79 Å². The smallest absolute Gasteiger partial charge is 0.274 e. The van der Waals surface area contributed by atoms with Gasteiger partial charge in [0.25, 0.3) is 5.91 Å². The van der Waals surface area contributed by atoms with Crippen molar-refractivity contribution in [3.63, 3.8) is 0 Å². The molecule has 1 aliphatic heterocycles. The molecule has 0 bridgehead atoms. The van der Waals surface area contributed by atoms with Crippen LogP contribution in [0.3, 0.4) is 0 Å². The summed E-state index contributed by atoms with van der Waals surface area (Å²) in [4.78, 5) is 27.5. The zero-order valence-corrected chi connectivity index (χ0v) is 13.7. The van der Waals surface area contributed by atoms with E-state index in [0.717, 1.165) is 31.6 Å². The quantitative estimate of drug-likeness (QED) is 0.740. The van der Waals surface area contributed by atoms with Gasteiger partial charge in [-0.05, 0) is 25.3 Å². The van der Waals surface area contributed by atoms with Gasteiger partial charge in [0, 0.05) is 49.2 Å². The normalized spacial score (nSPS) is 18.0. The highest BCUT2D eigenvalue weighted by Crippen LogP contribution is 2.23. The van der Waals surface area contributed by atoms with E-state index in [-0.39, 0.29) is 5.91 Å². The van der Waals surface area contributed by atoms with Crippen LogP contribution in [-0.4, -0.2) is 43.2 Å². The Morgan fingerprint density at radius 2 is 2.35 bits per heavy atom. The standard InChI is InChI=1S/C16H17N5OS/c1-11-10-23-14(18-11)7-12-3-6-20(8-12)15(22)13-9-21-5-2-4-17-16(21)19-13/h2,4-5,9-10,12H,3,6-8H2,1H3. The van der Waals surface area contributed by atoms with E-state index in [1.165, 1.54) is 5.01 Å². The number of thiazole rings is 1. The minimum absolute atomic E-state index is 0.00619. The average molecular weight is 327 g/mol. The molecule has 1 saturated heterocycles. The molecule has 3 aromatic heterocycles. The number of fused-ring (bicyclic) bond motifs is 1. The Morgan fingerprint density at radius 1 is 1.43 bits per heavy atom. The summed E-state index contributed by atoms with van der Waals surface area (Å²) in [6.45, 7) is 3.58. The summed E-state index contributed by atoms with van der Waals surface area (Å²) in [5.74, 6) is 1.04. The van der Waals surface area contributed by atoms with Gasteiger partial charge in [-0.1, -0.05) is 0 Å². The van der Waals surface area contributed by atoms with Gasteiger partial charge in [-0.25, -0.2) is 15.0 Å². The van der Waals surface area contributed by atoms with Crippen LogP contribution in [-0.2, 0) is 6.42 Å². The molecule has 0 aromatic carbocycles. The van der Waals surface area contributed by atoms with Gasteiger partial charge in [-0.3, -0.25) is 9.20 Å². The maximum atomic E-state index is 12.6. The molecule has 0 radical (unpaired) electrons. The van der Waals surface area contributed by atoms with Gasteiger partial charge in [0.15, 0.2) is 0 Å². The van der Waals surface area contributed by atoms with Crippen LogP contribution in [0.5, 0.6) is 0 Å². The summed E-state index contributed by atoms with van der Waals surface area (Å²) in [6.07, 6.45) is 7.26. The molecule has 1 unspecified atom stereocenters. The summed E-state index contributed by atoms with van der Waals surface area (Å²) < 4.78 is 1.78. The zero-order valence-electron chi connectivity index (χ0n) is 12.8. The number of imidazole rings is 1. The van der Waals surface area contributed by atoms with Gasteiger partial charge in [-0.15, -0.1) is 11.3 Å². The number of carbonyl (C=O) groups excluding carboxylic acids is 1. The van der Waals surface area contributed by atoms with Crippen molar-refractivity contribution in [2.75, 3.05) is 13.1 Å². The molecule has 0 aliphatic carbocycles. The number of amides is 1. The molecule has 4 rings (SSSR count). The van der Waals surface area contributed by atoms with E-state index >= 15 is 0 Å². The SMILES string of the molecule is Cc1csc(CC2CCN(C(=O)c3cn4cccnc4n3)C2)n1. The number of likely N-dealkylation sites (tertiary alicyclic amines) is 1. The molecule has 4 heterocycles. The highest BCUT2D eigenvalue weighted by Gasteiger charge is 2.29. The van der Waals surface area contributed by atoms with E-state index in [2.05, 4.69) is 20.3 Å². The van der Waals surface area contributed by atoms with Crippen molar-refractivity contribution in [3.05, 3.63) is 46.4 Å². The van der Waals surface area contributed by atoms with E-state index < -0.39 is 0 Å². The number of hydrogen-bond donors (Lipinski definition) is 0. The lowest BCUT2D eigenvalue weighted by Gasteiger charge is -2.14. The predicted molar refractivity (Wildman–Crippen MR) is 87.6 cm³/mol.